The molecule has 1 aliphatic carbocycles. The molecular formula is C48H75ClN2O9Si2. The number of halogens is 1. The molecule has 0 radical (unpaired) electrons. The van der Waals surface area contributed by atoms with Crippen LogP contribution < -0.4 is 4.74 Å². The molecule has 3 fully saturated rings. The second-order valence-electron chi connectivity index (χ2n) is 21.8. The fourth-order valence-corrected chi connectivity index (χ4v) is 11.6. The van der Waals surface area contributed by atoms with E-state index in [4.69, 9.17) is 34.7 Å². The Morgan fingerprint density at radius 3 is 2.15 bits per heavy atom. The summed E-state index contributed by atoms with van der Waals surface area (Å²) in [5.74, 6) is -1.11. The average Bonchev–Trinajstić information content (AvgIpc) is 3.33. The number of amides is 2. The molecule has 2 heterocycles. The molecule has 2 saturated heterocycles. The van der Waals surface area contributed by atoms with Crippen molar-refractivity contribution >= 4 is 46.2 Å². The van der Waals surface area contributed by atoms with Crippen molar-refractivity contribution in [2.45, 2.75) is 167 Å². The van der Waals surface area contributed by atoms with Gasteiger partial charge >= 0.3 is 12.1 Å². The predicted octanol–water partition coefficient (Wildman–Crippen LogP) is 10.5. The highest BCUT2D eigenvalue weighted by molar-refractivity contribution is 6.74. The Balaban J connectivity index is 1.64. The highest BCUT2D eigenvalue weighted by atomic mass is 35.5. The molecule has 2 aliphatic heterocycles. The maximum Gasteiger partial charge on any atom is 0.410 e. The Morgan fingerprint density at radius 1 is 0.919 bits per heavy atom. The molecule has 4 bridgehead atoms. The summed E-state index contributed by atoms with van der Waals surface area (Å²) in [5.41, 5.74) is -0.807. The number of aliphatic hydroxyl groups excluding tert-OH is 1. The van der Waals surface area contributed by atoms with Gasteiger partial charge in [-0.05, 0) is 125 Å². The van der Waals surface area contributed by atoms with Gasteiger partial charge in [-0.15, -0.1) is 0 Å². The molecule has 2 aromatic rings. The Morgan fingerprint density at radius 2 is 1.56 bits per heavy atom. The number of aliphatic hydroxyl groups is 1. The number of piperidine rings is 1. The first kappa shape index (κ1) is 50.1. The summed E-state index contributed by atoms with van der Waals surface area (Å²) in [6.45, 7) is 27.8. The van der Waals surface area contributed by atoms with Crippen LogP contribution in [-0.4, -0.2) is 106 Å². The molecular weight excluding hydrogens is 840 g/mol. The number of unbranched alkanes of at least 4 members (excludes halogenated alkanes) is 2. The number of hydrogen-bond acceptors (Lipinski definition) is 9. The molecule has 14 heteroatoms. The van der Waals surface area contributed by atoms with Crippen molar-refractivity contribution in [3.8, 4) is 5.75 Å². The minimum atomic E-state index is -2.80. The van der Waals surface area contributed by atoms with Crippen LogP contribution in [0.25, 0.3) is 0 Å². The van der Waals surface area contributed by atoms with E-state index >= 15 is 4.79 Å². The van der Waals surface area contributed by atoms with Crippen molar-refractivity contribution in [3.63, 3.8) is 0 Å². The van der Waals surface area contributed by atoms with Crippen LogP contribution in [0.1, 0.15) is 110 Å². The summed E-state index contributed by atoms with van der Waals surface area (Å²) in [4.78, 5) is 47.6. The molecule has 62 heavy (non-hydrogen) atoms. The van der Waals surface area contributed by atoms with Crippen molar-refractivity contribution in [1.82, 2.24) is 9.80 Å². The number of carbonyl (C=O) groups excluding carboxylic acids is 3. The van der Waals surface area contributed by atoms with Crippen LogP contribution in [0.5, 0.6) is 5.75 Å². The Labute approximate surface area is 378 Å². The van der Waals surface area contributed by atoms with Crippen LogP contribution in [0.4, 0.5) is 4.79 Å². The van der Waals surface area contributed by atoms with E-state index in [2.05, 4.69) is 66.8 Å². The Hall–Kier alpha value is -2.95. The summed E-state index contributed by atoms with van der Waals surface area (Å²) in [6.07, 6.45) is 0.615. The molecule has 1 N–H and O–H groups in total. The summed E-state index contributed by atoms with van der Waals surface area (Å²) in [5, 5.41) is 13.5. The van der Waals surface area contributed by atoms with Gasteiger partial charge in [0.05, 0.1) is 24.3 Å². The summed E-state index contributed by atoms with van der Waals surface area (Å²) >= 11 is 6.35. The smallest absolute Gasteiger partial charge is 0.410 e. The number of aryl methyl sites for hydroxylation is 1. The maximum atomic E-state index is 15.2. The molecule has 2 aromatic carbocycles. The van der Waals surface area contributed by atoms with Crippen LogP contribution in [-0.2, 0) is 29.5 Å². The fourth-order valence-electron chi connectivity index (χ4n) is 9.19. The van der Waals surface area contributed by atoms with E-state index in [1.807, 2.05) is 50.9 Å². The molecule has 11 nitrogen and oxygen atoms in total. The van der Waals surface area contributed by atoms with E-state index in [-0.39, 0.29) is 40.0 Å². The van der Waals surface area contributed by atoms with Crippen molar-refractivity contribution in [2.24, 2.45) is 17.8 Å². The van der Waals surface area contributed by atoms with Gasteiger partial charge in [0, 0.05) is 42.5 Å². The minimum absolute atomic E-state index is 0.0534. The standard InChI is InChI=1S/C48H75ClN2O9Si2/c1-45(2,3)59-44(55)50-28-26-38-37-30-34(31-57-61(11,12)46(4,5)6)39(50)48(38,51(41(37)53)27-17-15-16-19-32-22-24-36(56-10)25-23-32)40(52)43(60-62(13,14)47(7,8)9)58-42(54)33-20-18-21-35(49)29-33/h18,20-25,29,34,37-40,43,52H,15-17,19,26-28,30-31H2,1-14H3/t34-,37?,38+,39+,40+,43?,48+/m0/s1. The molecule has 5 rings (SSSR count). The fraction of sp³-hybridized carbons (Fsp3) is 0.688. The zero-order valence-electron chi connectivity index (χ0n) is 39.9. The van der Waals surface area contributed by atoms with E-state index in [0.29, 0.717) is 37.4 Å². The van der Waals surface area contributed by atoms with Gasteiger partial charge in [-0.1, -0.05) is 77.8 Å². The Bertz CT molecular complexity index is 1890. The largest absolute Gasteiger partial charge is 0.497 e. The molecule has 2 amide bonds. The topological polar surface area (TPSA) is 124 Å². The number of benzene rings is 2. The number of hydrogen-bond donors (Lipinski definition) is 1. The van der Waals surface area contributed by atoms with E-state index in [0.717, 1.165) is 25.0 Å². The van der Waals surface area contributed by atoms with Crippen molar-refractivity contribution in [3.05, 3.63) is 64.7 Å². The predicted molar refractivity (Wildman–Crippen MR) is 250 cm³/mol. The van der Waals surface area contributed by atoms with Gasteiger partial charge in [-0.2, -0.15) is 0 Å². The third-order valence-electron chi connectivity index (χ3n) is 14.5. The lowest BCUT2D eigenvalue weighted by atomic mass is 9.57. The lowest BCUT2D eigenvalue weighted by Gasteiger charge is -2.61. The van der Waals surface area contributed by atoms with E-state index < -0.39 is 64.2 Å². The van der Waals surface area contributed by atoms with Gasteiger partial charge in [-0.25, -0.2) is 9.59 Å². The molecule has 346 valence electrons. The average molecular weight is 916 g/mol. The normalized spacial score (nSPS) is 24.2. The molecule has 2 unspecified atom stereocenters. The van der Waals surface area contributed by atoms with Crippen molar-refractivity contribution in [1.29, 1.82) is 0 Å². The number of methoxy groups -OCH3 is 1. The monoisotopic (exact) mass is 914 g/mol. The zero-order valence-corrected chi connectivity index (χ0v) is 42.7. The van der Waals surface area contributed by atoms with E-state index in [1.54, 1.807) is 30.2 Å². The Kier molecular flexibility index (Phi) is 15.2. The van der Waals surface area contributed by atoms with Gasteiger partial charge in [0.1, 0.15) is 17.5 Å². The first-order valence-electron chi connectivity index (χ1n) is 22.5. The third-order valence-corrected chi connectivity index (χ3v) is 23.6. The van der Waals surface area contributed by atoms with Crippen LogP contribution in [0, 0.1) is 17.8 Å². The highest BCUT2D eigenvalue weighted by Gasteiger charge is 2.74. The quantitative estimate of drug-likeness (QED) is 0.0759. The number of rotatable bonds is 16. The van der Waals surface area contributed by atoms with Crippen LogP contribution in [0.15, 0.2) is 48.5 Å². The first-order valence-corrected chi connectivity index (χ1v) is 28.7. The highest BCUT2D eigenvalue weighted by Crippen LogP contribution is 2.60. The van der Waals surface area contributed by atoms with Gasteiger partial charge in [0.25, 0.3) is 0 Å². The number of nitrogens with zero attached hydrogens (tertiary/aromatic N) is 2. The third kappa shape index (κ3) is 10.6. The second-order valence-corrected chi connectivity index (χ2v) is 31.8. The van der Waals surface area contributed by atoms with Gasteiger partial charge in [0.15, 0.2) is 16.6 Å². The summed E-state index contributed by atoms with van der Waals surface area (Å²) in [6, 6.07) is 13.8. The van der Waals surface area contributed by atoms with Crippen LogP contribution >= 0.6 is 11.6 Å². The zero-order chi connectivity index (χ0) is 46.2. The van der Waals surface area contributed by atoms with Crippen molar-refractivity contribution < 1.29 is 42.6 Å². The summed E-state index contributed by atoms with van der Waals surface area (Å²) in [7, 11) is -3.48. The molecule has 3 aliphatic rings. The SMILES string of the molecule is COc1ccc(CCCCCN2C(=O)C3C[C@@H](CO[Si](C)(C)C(C)(C)C)[C@H]4N(C(=O)OC(C)(C)C)CC[C@H]3[C@]42[C@H](O)C(OC(=O)c2cccc(Cl)c2)O[Si](C)(C)C(C)(C)C)cc1. The van der Waals surface area contributed by atoms with Gasteiger partial charge in [-0.3, -0.25) is 4.79 Å². The minimum Gasteiger partial charge on any atom is -0.497 e. The number of carbonyl (C=O) groups is 3. The molecule has 0 aromatic heterocycles. The number of likely N-dealkylation sites (tertiary alicyclic amines) is 2. The maximum absolute atomic E-state index is 15.2. The molecule has 0 spiro atoms. The van der Waals surface area contributed by atoms with Gasteiger partial charge < -0.3 is 38.0 Å². The molecule has 7 atom stereocenters. The van der Waals surface area contributed by atoms with E-state index in [1.165, 1.54) is 11.6 Å². The number of esters is 1. The van der Waals surface area contributed by atoms with Crippen molar-refractivity contribution in [2.75, 3.05) is 26.8 Å². The van der Waals surface area contributed by atoms with Crippen LogP contribution in [0.3, 0.4) is 0 Å². The number of ether oxygens (including phenoxy) is 3. The van der Waals surface area contributed by atoms with Gasteiger partial charge in [0.2, 0.25) is 12.2 Å². The first-order chi connectivity index (χ1) is 28.6. The lowest BCUT2D eigenvalue weighted by Crippen LogP contribution is -2.78. The molecule has 1 saturated carbocycles. The second kappa shape index (κ2) is 18.9. The van der Waals surface area contributed by atoms with E-state index in [9.17, 15) is 14.7 Å². The van der Waals surface area contributed by atoms with Crippen LogP contribution in [0.2, 0.25) is 41.3 Å². The summed E-state index contributed by atoms with van der Waals surface area (Å²) < 4.78 is 31.9. The lowest BCUT2D eigenvalue weighted by molar-refractivity contribution is -0.213.